The van der Waals surface area contributed by atoms with Crippen molar-refractivity contribution in [2.75, 3.05) is 31.0 Å². The lowest BCUT2D eigenvalue weighted by Gasteiger charge is -2.44. The third-order valence-electron chi connectivity index (χ3n) is 6.10. The molecule has 1 saturated carbocycles. The molecular weight excluding hydrogens is 424 g/mol. The molecule has 1 spiro atoms. The van der Waals surface area contributed by atoms with Crippen LogP contribution in [0.15, 0.2) is 48.5 Å². The number of methoxy groups -OCH3 is 2. The summed E-state index contributed by atoms with van der Waals surface area (Å²) in [5, 5.41) is 2.93. The Balaban J connectivity index is 1.49. The van der Waals surface area contributed by atoms with Crippen LogP contribution in [0.3, 0.4) is 0 Å². The minimum atomic E-state index is -0.943. The predicted molar refractivity (Wildman–Crippen MR) is 123 cm³/mol. The van der Waals surface area contributed by atoms with Gasteiger partial charge in [-0.2, -0.15) is 0 Å². The van der Waals surface area contributed by atoms with Crippen LogP contribution in [0.5, 0.6) is 11.5 Å². The monoisotopic (exact) mass is 450 g/mol. The van der Waals surface area contributed by atoms with Gasteiger partial charge in [0, 0.05) is 11.6 Å². The van der Waals surface area contributed by atoms with Crippen LogP contribution in [-0.4, -0.2) is 44.1 Å². The SMILES string of the molecule is COc1ccc(OC)c(/C=C/C(=O)OCC(=O)N2c3ccccc3NC(=O)C23CCCC3)c1. The summed E-state index contributed by atoms with van der Waals surface area (Å²) < 4.78 is 15.7. The van der Waals surface area contributed by atoms with Crippen LogP contribution in [0.1, 0.15) is 31.2 Å². The number of benzene rings is 2. The van der Waals surface area contributed by atoms with E-state index < -0.39 is 24.0 Å². The molecule has 2 aromatic carbocycles. The molecule has 4 rings (SSSR count). The summed E-state index contributed by atoms with van der Waals surface area (Å²) in [5.41, 5.74) is 0.884. The first-order valence-corrected chi connectivity index (χ1v) is 10.8. The van der Waals surface area contributed by atoms with E-state index in [1.165, 1.54) is 24.2 Å². The molecule has 0 radical (unpaired) electrons. The molecule has 8 heteroatoms. The lowest BCUT2D eigenvalue weighted by molar-refractivity contribution is -0.143. The third kappa shape index (κ3) is 4.28. The van der Waals surface area contributed by atoms with Gasteiger partial charge >= 0.3 is 5.97 Å². The Morgan fingerprint density at radius 3 is 2.58 bits per heavy atom. The molecule has 1 aliphatic carbocycles. The van der Waals surface area contributed by atoms with Crippen molar-refractivity contribution in [1.82, 2.24) is 0 Å². The van der Waals surface area contributed by atoms with Crippen molar-refractivity contribution in [2.45, 2.75) is 31.2 Å². The zero-order valence-corrected chi connectivity index (χ0v) is 18.6. The zero-order valence-electron chi connectivity index (χ0n) is 18.6. The summed E-state index contributed by atoms with van der Waals surface area (Å²) in [6, 6.07) is 12.4. The van der Waals surface area contributed by atoms with E-state index in [0.717, 1.165) is 12.8 Å². The van der Waals surface area contributed by atoms with Gasteiger partial charge in [-0.05, 0) is 49.2 Å². The number of carbonyl (C=O) groups excluding carboxylic acids is 3. The summed E-state index contributed by atoms with van der Waals surface area (Å²) in [6.45, 7) is -0.470. The number of ether oxygens (including phenoxy) is 3. The van der Waals surface area contributed by atoms with Gasteiger partial charge in [0.05, 0.1) is 25.6 Å². The maximum atomic E-state index is 13.2. The summed E-state index contributed by atoms with van der Waals surface area (Å²) in [4.78, 5) is 40.1. The summed E-state index contributed by atoms with van der Waals surface area (Å²) in [6.07, 6.45) is 5.61. The van der Waals surface area contributed by atoms with E-state index in [1.807, 2.05) is 6.07 Å². The van der Waals surface area contributed by atoms with Gasteiger partial charge in [0.25, 0.3) is 11.8 Å². The van der Waals surface area contributed by atoms with E-state index in [-0.39, 0.29) is 5.91 Å². The molecule has 1 heterocycles. The quantitative estimate of drug-likeness (QED) is 0.534. The van der Waals surface area contributed by atoms with Crippen molar-refractivity contribution in [3.63, 3.8) is 0 Å². The second-order valence-electron chi connectivity index (χ2n) is 7.99. The fourth-order valence-electron chi connectivity index (χ4n) is 4.50. The lowest BCUT2D eigenvalue weighted by Crippen LogP contribution is -2.61. The molecule has 33 heavy (non-hydrogen) atoms. The Bertz CT molecular complexity index is 1100. The van der Waals surface area contributed by atoms with Crippen LogP contribution in [0.25, 0.3) is 6.08 Å². The number of anilines is 2. The Morgan fingerprint density at radius 2 is 1.85 bits per heavy atom. The normalized spacial score (nSPS) is 16.4. The van der Waals surface area contributed by atoms with Gasteiger partial charge in [-0.3, -0.25) is 14.5 Å². The average Bonchev–Trinajstić information content (AvgIpc) is 3.32. The molecule has 0 bridgehead atoms. The fourth-order valence-corrected chi connectivity index (χ4v) is 4.50. The van der Waals surface area contributed by atoms with Crippen LogP contribution >= 0.6 is 0 Å². The fraction of sp³-hybridized carbons (Fsp3) is 0.320. The number of para-hydroxylation sites is 2. The highest BCUT2D eigenvalue weighted by atomic mass is 16.5. The van der Waals surface area contributed by atoms with E-state index >= 15 is 0 Å². The topological polar surface area (TPSA) is 94.2 Å². The van der Waals surface area contributed by atoms with Gasteiger partial charge in [0.15, 0.2) is 6.61 Å². The summed E-state index contributed by atoms with van der Waals surface area (Å²) >= 11 is 0. The van der Waals surface area contributed by atoms with Crippen LogP contribution in [-0.2, 0) is 19.1 Å². The van der Waals surface area contributed by atoms with Gasteiger partial charge in [0.1, 0.15) is 17.0 Å². The zero-order chi connectivity index (χ0) is 23.4. The van der Waals surface area contributed by atoms with Crippen LogP contribution in [0.2, 0.25) is 0 Å². The molecule has 1 fully saturated rings. The van der Waals surface area contributed by atoms with Crippen LogP contribution in [0, 0.1) is 0 Å². The number of nitrogens with one attached hydrogen (secondary N) is 1. The average molecular weight is 450 g/mol. The number of hydrogen-bond acceptors (Lipinski definition) is 6. The molecule has 172 valence electrons. The van der Waals surface area contributed by atoms with Gasteiger partial charge < -0.3 is 19.5 Å². The van der Waals surface area contributed by atoms with Crippen molar-refractivity contribution >= 4 is 35.2 Å². The molecule has 0 unspecified atom stereocenters. The van der Waals surface area contributed by atoms with Crippen LogP contribution in [0.4, 0.5) is 11.4 Å². The number of fused-ring (bicyclic) bond motifs is 1. The highest BCUT2D eigenvalue weighted by Crippen LogP contribution is 2.45. The number of hydrogen-bond donors (Lipinski definition) is 1. The first-order valence-electron chi connectivity index (χ1n) is 10.8. The second kappa shape index (κ2) is 9.36. The van der Waals surface area contributed by atoms with E-state index in [1.54, 1.807) is 43.5 Å². The van der Waals surface area contributed by atoms with E-state index in [2.05, 4.69) is 5.32 Å². The summed E-state index contributed by atoms with van der Waals surface area (Å²) in [7, 11) is 3.08. The molecule has 0 saturated heterocycles. The van der Waals surface area contributed by atoms with E-state index in [9.17, 15) is 14.4 Å². The van der Waals surface area contributed by atoms with Crippen LogP contribution < -0.4 is 19.7 Å². The van der Waals surface area contributed by atoms with Gasteiger partial charge in [-0.1, -0.05) is 25.0 Å². The van der Waals surface area contributed by atoms with Crippen molar-refractivity contribution in [3.8, 4) is 11.5 Å². The maximum Gasteiger partial charge on any atom is 0.331 e. The molecule has 1 N–H and O–H groups in total. The first-order chi connectivity index (χ1) is 16.0. The van der Waals surface area contributed by atoms with Crippen molar-refractivity contribution in [2.24, 2.45) is 0 Å². The molecule has 0 atom stereocenters. The smallest absolute Gasteiger partial charge is 0.331 e. The minimum absolute atomic E-state index is 0.191. The van der Waals surface area contributed by atoms with Gasteiger partial charge in [-0.15, -0.1) is 0 Å². The number of carbonyl (C=O) groups is 3. The number of amides is 2. The van der Waals surface area contributed by atoms with Crippen molar-refractivity contribution in [3.05, 3.63) is 54.1 Å². The molecular formula is C25H26N2O6. The van der Waals surface area contributed by atoms with Crippen molar-refractivity contribution < 1.29 is 28.6 Å². The Morgan fingerprint density at radius 1 is 1.09 bits per heavy atom. The van der Waals surface area contributed by atoms with Gasteiger partial charge in [-0.25, -0.2) is 4.79 Å². The lowest BCUT2D eigenvalue weighted by atomic mass is 9.90. The third-order valence-corrected chi connectivity index (χ3v) is 6.10. The minimum Gasteiger partial charge on any atom is -0.497 e. The Labute approximate surface area is 192 Å². The van der Waals surface area contributed by atoms with Crippen molar-refractivity contribution in [1.29, 1.82) is 0 Å². The molecule has 2 aromatic rings. The molecule has 0 aromatic heterocycles. The first kappa shape index (κ1) is 22.4. The van der Waals surface area contributed by atoms with E-state index in [4.69, 9.17) is 14.2 Å². The molecule has 2 amide bonds. The number of rotatable bonds is 6. The molecule has 8 nitrogen and oxygen atoms in total. The highest BCUT2D eigenvalue weighted by Gasteiger charge is 2.52. The summed E-state index contributed by atoms with van der Waals surface area (Å²) in [5.74, 6) is -0.121. The number of nitrogens with zero attached hydrogens (tertiary/aromatic N) is 1. The number of esters is 1. The van der Waals surface area contributed by atoms with E-state index in [0.29, 0.717) is 41.3 Å². The highest BCUT2D eigenvalue weighted by molar-refractivity contribution is 6.15. The molecule has 2 aliphatic rings. The standard InChI is InChI=1S/C25H26N2O6/c1-31-18-10-11-21(32-2)17(15-18)9-12-23(29)33-16-22(28)27-20-8-4-3-7-19(20)26-24(30)25(27)13-5-6-14-25/h3-4,7-12,15H,5-6,13-14,16H2,1-2H3,(H,26,30)/b12-9+. The second-order valence-corrected chi connectivity index (χ2v) is 7.99. The predicted octanol–water partition coefficient (Wildman–Crippen LogP) is 3.56. The van der Waals surface area contributed by atoms with Gasteiger partial charge in [0.2, 0.25) is 0 Å². The largest absolute Gasteiger partial charge is 0.497 e. The Kier molecular flexibility index (Phi) is 6.35. The maximum absolute atomic E-state index is 13.2. The Hall–Kier alpha value is -3.81. The molecule has 1 aliphatic heterocycles.